The number of nitrogens with one attached hydrogen (secondary N) is 2. The number of amides is 1. The number of fused-ring (bicyclic) bond motifs is 1. The zero-order valence-electron chi connectivity index (χ0n) is 12.9. The van der Waals surface area contributed by atoms with Crippen molar-refractivity contribution in [2.75, 3.05) is 6.54 Å². The fraction of sp³-hybridized carbons (Fsp3) is 0.941. The number of hydrogen-bond acceptors (Lipinski definition) is 2. The Balaban J connectivity index is 1.47. The molecule has 3 fully saturated rings. The van der Waals surface area contributed by atoms with Gasteiger partial charge in [-0.05, 0) is 43.4 Å². The minimum atomic E-state index is 0.0790. The lowest BCUT2D eigenvalue weighted by molar-refractivity contribution is -0.123. The summed E-state index contributed by atoms with van der Waals surface area (Å²) in [6, 6.07) is 0.694. The summed E-state index contributed by atoms with van der Waals surface area (Å²) in [6.07, 6.45) is 12.9. The Labute approximate surface area is 123 Å². The third-order valence-electron chi connectivity index (χ3n) is 5.93. The summed E-state index contributed by atoms with van der Waals surface area (Å²) in [5.74, 6) is 1.01. The van der Waals surface area contributed by atoms with Crippen molar-refractivity contribution >= 4 is 5.91 Å². The van der Waals surface area contributed by atoms with Crippen molar-refractivity contribution in [3.05, 3.63) is 0 Å². The standard InChI is InChI=1S/C17H30N2O/c1-17(9-5-2-6-10-17)12-18-16(20)15-11-13-7-3-4-8-14(13)19-15/h13-15,19H,2-12H2,1H3,(H,18,20). The van der Waals surface area contributed by atoms with Gasteiger partial charge >= 0.3 is 0 Å². The summed E-state index contributed by atoms with van der Waals surface area (Å²) in [5, 5.41) is 6.82. The van der Waals surface area contributed by atoms with Gasteiger partial charge in [-0.1, -0.05) is 39.0 Å². The number of hydrogen-bond donors (Lipinski definition) is 2. The van der Waals surface area contributed by atoms with Gasteiger partial charge in [0.05, 0.1) is 6.04 Å². The van der Waals surface area contributed by atoms with Gasteiger partial charge < -0.3 is 10.6 Å². The van der Waals surface area contributed by atoms with Crippen molar-refractivity contribution in [1.82, 2.24) is 10.6 Å². The minimum Gasteiger partial charge on any atom is -0.354 e. The molecule has 2 saturated carbocycles. The highest BCUT2D eigenvalue weighted by molar-refractivity contribution is 5.82. The molecule has 0 radical (unpaired) electrons. The molecule has 2 aliphatic carbocycles. The molecular formula is C17H30N2O. The Morgan fingerprint density at radius 2 is 1.90 bits per heavy atom. The molecular weight excluding hydrogens is 248 g/mol. The lowest BCUT2D eigenvalue weighted by Gasteiger charge is -2.34. The number of carbonyl (C=O) groups is 1. The Morgan fingerprint density at radius 3 is 2.65 bits per heavy atom. The highest BCUT2D eigenvalue weighted by Crippen LogP contribution is 2.36. The zero-order chi connectivity index (χ0) is 14.0. The summed E-state index contributed by atoms with van der Waals surface area (Å²) in [6.45, 7) is 3.22. The molecule has 3 heteroatoms. The molecule has 1 aliphatic heterocycles. The van der Waals surface area contributed by atoms with Crippen molar-refractivity contribution in [2.45, 2.75) is 83.2 Å². The van der Waals surface area contributed by atoms with Gasteiger partial charge in [-0.15, -0.1) is 0 Å². The molecule has 0 aromatic carbocycles. The van der Waals surface area contributed by atoms with Crippen LogP contribution in [-0.2, 0) is 4.79 Å². The van der Waals surface area contributed by atoms with Crippen LogP contribution in [0.5, 0.6) is 0 Å². The van der Waals surface area contributed by atoms with Gasteiger partial charge in [-0.25, -0.2) is 0 Å². The SMILES string of the molecule is CC1(CNC(=O)C2CC3CCCCC3N2)CCCCC1. The van der Waals surface area contributed by atoms with E-state index < -0.39 is 0 Å². The molecule has 1 heterocycles. The normalized spacial score (nSPS) is 36.4. The third-order valence-corrected chi connectivity index (χ3v) is 5.93. The Kier molecular flexibility index (Phi) is 4.34. The molecule has 114 valence electrons. The molecule has 0 bridgehead atoms. The smallest absolute Gasteiger partial charge is 0.237 e. The van der Waals surface area contributed by atoms with Crippen LogP contribution in [0.1, 0.15) is 71.1 Å². The lowest BCUT2D eigenvalue weighted by atomic mass is 9.75. The van der Waals surface area contributed by atoms with Gasteiger partial charge in [0.15, 0.2) is 0 Å². The van der Waals surface area contributed by atoms with Gasteiger partial charge in [-0.3, -0.25) is 4.79 Å². The van der Waals surface area contributed by atoms with Gasteiger partial charge in [0.25, 0.3) is 0 Å². The van der Waals surface area contributed by atoms with E-state index in [0.29, 0.717) is 11.5 Å². The Morgan fingerprint density at radius 1 is 1.15 bits per heavy atom. The molecule has 1 amide bonds. The fourth-order valence-electron chi connectivity index (χ4n) is 4.53. The van der Waals surface area contributed by atoms with E-state index in [9.17, 15) is 4.79 Å². The van der Waals surface area contributed by atoms with Crippen molar-refractivity contribution in [1.29, 1.82) is 0 Å². The molecule has 1 saturated heterocycles. The van der Waals surface area contributed by atoms with Crippen molar-refractivity contribution in [3.63, 3.8) is 0 Å². The van der Waals surface area contributed by atoms with Crippen molar-refractivity contribution in [3.8, 4) is 0 Å². The molecule has 2 N–H and O–H groups in total. The van der Waals surface area contributed by atoms with Gasteiger partial charge in [-0.2, -0.15) is 0 Å². The average molecular weight is 278 g/mol. The first-order valence-electron chi connectivity index (χ1n) is 8.70. The average Bonchev–Trinajstić information content (AvgIpc) is 2.89. The first kappa shape index (κ1) is 14.4. The van der Waals surface area contributed by atoms with Crippen molar-refractivity contribution < 1.29 is 4.79 Å². The second-order valence-corrected chi connectivity index (χ2v) is 7.70. The molecule has 20 heavy (non-hydrogen) atoms. The first-order chi connectivity index (χ1) is 9.66. The molecule has 3 unspecified atom stereocenters. The highest BCUT2D eigenvalue weighted by Gasteiger charge is 2.38. The molecule has 0 aromatic heterocycles. The van der Waals surface area contributed by atoms with Crippen molar-refractivity contribution in [2.24, 2.45) is 11.3 Å². The first-order valence-corrected chi connectivity index (χ1v) is 8.70. The lowest BCUT2D eigenvalue weighted by Crippen LogP contribution is -2.46. The topological polar surface area (TPSA) is 41.1 Å². The van der Waals surface area contributed by atoms with E-state index in [1.807, 2.05) is 0 Å². The van der Waals surface area contributed by atoms with Crippen LogP contribution in [-0.4, -0.2) is 24.5 Å². The van der Waals surface area contributed by atoms with E-state index >= 15 is 0 Å². The quantitative estimate of drug-likeness (QED) is 0.833. The van der Waals surface area contributed by atoms with E-state index in [1.54, 1.807) is 0 Å². The van der Waals surface area contributed by atoms with Gasteiger partial charge in [0.2, 0.25) is 5.91 Å². The van der Waals surface area contributed by atoms with Crippen LogP contribution in [0.15, 0.2) is 0 Å². The van der Waals surface area contributed by atoms with Crippen LogP contribution in [0.2, 0.25) is 0 Å². The molecule has 0 aromatic rings. The van der Waals surface area contributed by atoms with E-state index in [-0.39, 0.29) is 11.9 Å². The molecule has 3 rings (SSSR count). The van der Waals surface area contributed by atoms with Crippen LogP contribution in [0.25, 0.3) is 0 Å². The molecule has 3 aliphatic rings. The van der Waals surface area contributed by atoms with Crippen LogP contribution in [0.4, 0.5) is 0 Å². The molecule has 3 atom stereocenters. The van der Waals surface area contributed by atoms with E-state index in [2.05, 4.69) is 17.6 Å². The van der Waals surface area contributed by atoms with Crippen LogP contribution in [0, 0.1) is 11.3 Å². The molecule has 0 spiro atoms. The minimum absolute atomic E-state index is 0.0790. The summed E-state index contributed by atoms with van der Waals surface area (Å²) in [5.41, 5.74) is 0.347. The maximum atomic E-state index is 12.4. The monoisotopic (exact) mass is 278 g/mol. The summed E-state index contributed by atoms with van der Waals surface area (Å²) >= 11 is 0. The summed E-state index contributed by atoms with van der Waals surface area (Å²) in [4.78, 5) is 12.4. The largest absolute Gasteiger partial charge is 0.354 e. The maximum absolute atomic E-state index is 12.4. The highest BCUT2D eigenvalue weighted by atomic mass is 16.2. The maximum Gasteiger partial charge on any atom is 0.237 e. The summed E-state index contributed by atoms with van der Waals surface area (Å²) < 4.78 is 0. The summed E-state index contributed by atoms with van der Waals surface area (Å²) in [7, 11) is 0. The number of carbonyl (C=O) groups excluding carboxylic acids is 1. The second kappa shape index (κ2) is 6.05. The fourth-order valence-corrected chi connectivity index (χ4v) is 4.53. The van der Waals surface area contributed by atoms with E-state index in [1.165, 1.54) is 57.8 Å². The van der Waals surface area contributed by atoms with Gasteiger partial charge in [0.1, 0.15) is 0 Å². The zero-order valence-corrected chi connectivity index (χ0v) is 12.9. The Bertz CT molecular complexity index is 335. The van der Waals surface area contributed by atoms with Gasteiger partial charge in [0, 0.05) is 12.6 Å². The van der Waals surface area contributed by atoms with E-state index in [0.717, 1.165) is 18.9 Å². The second-order valence-electron chi connectivity index (χ2n) is 7.70. The number of rotatable bonds is 3. The van der Waals surface area contributed by atoms with E-state index in [4.69, 9.17) is 0 Å². The third kappa shape index (κ3) is 3.19. The predicted molar refractivity (Wildman–Crippen MR) is 81.5 cm³/mol. The predicted octanol–water partition coefficient (Wildman–Crippen LogP) is 2.99. The molecule has 3 nitrogen and oxygen atoms in total. The van der Waals surface area contributed by atoms with Crippen LogP contribution >= 0.6 is 0 Å². The van der Waals surface area contributed by atoms with Crippen LogP contribution < -0.4 is 10.6 Å². The Hall–Kier alpha value is -0.570. The van der Waals surface area contributed by atoms with Crippen LogP contribution in [0.3, 0.4) is 0 Å².